The molecule has 23 heavy (non-hydrogen) atoms. The maximum Gasteiger partial charge on any atom is 0.330 e. The average molecular weight is 326 g/mol. The Morgan fingerprint density at radius 2 is 1.48 bits per heavy atom. The molecular weight excluding hydrogens is 300 g/mol. The van der Waals surface area contributed by atoms with Gasteiger partial charge in [-0.3, -0.25) is 0 Å². The summed E-state index contributed by atoms with van der Waals surface area (Å²) in [6, 6.07) is 0. The second kappa shape index (κ2) is 5.55. The van der Waals surface area contributed by atoms with E-state index in [2.05, 4.69) is 6.58 Å². The van der Waals surface area contributed by atoms with Crippen molar-refractivity contribution in [2.75, 3.05) is 0 Å². The zero-order chi connectivity index (χ0) is 16.9. The lowest BCUT2D eigenvalue weighted by molar-refractivity contribution is -0.325. The molecule has 0 aromatic rings. The Hall–Kier alpha value is -0.950. The average Bonchev–Trinajstić information content (AvgIpc) is 2.32. The number of hydrogen-bond acceptors (Lipinski definition) is 6. The van der Waals surface area contributed by atoms with Crippen LogP contribution in [0.5, 0.6) is 0 Å². The molecule has 130 valence electrons. The van der Waals surface area contributed by atoms with Crippen LogP contribution < -0.4 is 0 Å². The van der Waals surface area contributed by atoms with Gasteiger partial charge in [-0.05, 0) is 39.0 Å². The van der Waals surface area contributed by atoms with Crippen molar-refractivity contribution in [1.82, 2.24) is 0 Å². The van der Waals surface area contributed by atoms with Gasteiger partial charge >= 0.3 is 5.97 Å². The van der Waals surface area contributed by atoms with Gasteiger partial charge in [0.15, 0.2) is 12.6 Å². The lowest BCUT2D eigenvalue weighted by Gasteiger charge is -2.64. The van der Waals surface area contributed by atoms with Gasteiger partial charge in [-0.15, -0.1) is 0 Å². The molecule has 0 aromatic carbocycles. The fourth-order valence-electron chi connectivity index (χ4n) is 5.53. The number of ether oxygens (including phenoxy) is 3. The van der Waals surface area contributed by atoms with Crippen LogP contribution >= 0.6 is 0 Å². The van der Waals surface area contributed by atoms with Gasteiger partial charge in [0.25, 0.3) is 0 Å². The quantitative estimate of drug-likeness (QED) is 0.438. The predicted octanol–water partition coefficient (Wildman–Crippen LogP) is 1.64. The molecule has 6 heteroatoms. The van der Waals surface area contributed by atoms with Gasteiger partial charge in [0.1, 0.15) is 5.60 Å². The van der Waals surface area contributed by atoms with Gasteiger partial charge < -0.3 is 24.4 Å². The lowest BCUT2D eigenvalue weighted by Crippen LogP contribution is -2.69. The second-order valence-corrected chi connectivity index (χ2v) is 7.62. The number of carbonyl (C=O) groups excluding carboxylic acids is 1. The topological polar surface area (TPSA) is 85.2 Å². The molecule has 4 saturated carbocycles. The monoisotopic (exact) mass is 326 g/mol. The molecule has 0 heterocycles. The molecular formula is C17H26O6. The van der Waals surface area contributed by atoms with Crippen LogP contribution in [0.15, 0.2) is 12.7 Å². The Bertz CT molecular complexity index is 465. The summed E-state index contributed by atoms with van der Waals surface area (Å²) in [6.07, 6.45) is 3.46. The third kappa shape index (κ3) is 3.18. The third-order valence-corrected chi connectivity index (χ3v) is 5.24. The number of carbonyl (C=O) groups is 1. The minimum atomic E-state index is -0.901. The summed E-state index contributed by atoms with van der Waals surface area (Å²) in [6.45, 7) is 6.65. The Balaban J connectivity index is 1.94. The molecule has 2 N–H and O–H groups in total. The van der Waals surface area contributed by atoms with Crippen LogP contribution in [-0.2, 0) is 19.0 Å². The summed E-state index contributed by atoms with van der Waals surface area (Å²) in [5, 5.41) is 19.5. The first-order valence-corrected chi connectivity index (χ1v) is 8.27. The van der Waals surface area contributed by atoms with Crippen molar-refractivity contribution in [3.8, 4) is 0 Å². The van der Waals surface area contributed by atoms with E-state index in [1.807, 2.05) is 0 Å². The van der Waals surface area contributed by atoms with Crippen LogP contribution in [0, 0.1) is 5.92 Å². The zero-order valence-corrected chi connectivity index (χ0v) is 13.8. The molecule has 6 nitrogen and oxygen atoms in total. The highest BCUT2D eigenvalue weighted by Crippen LogP contribution is 2.63. The summed E-state index contributed by atoms with van der Waals surface area (Å²) in [5.74, 6) is -0.173. The normalized spacial score (nSPS) is 43.9. The van der Waals surface area contributed by atoms with Crippen molar-refractivity contribution >= 4 is 5.97 Å². The molecule has 0 amide bonds. The molecule has 4 aliphatic rings. The minimum absolute atomic E-state index is 0.279. The summed E-state index contributed by atoms with van der Waals surface area (Å²) in [7, 11) is 0. The highest BCUT2D eigenvalue weighted by molar-refractivity contribution is 5.81. The van der Waals surface area contributed by atoms with Gasteiger partial charge in [-0.2, -0.15) is 0 Å². The van der Waals surface area contributed by atoms with E-state index in [1.165, 1.54) is 6.08 Å². The molecule has 4 aliphatic carbocycles. The molecule has 4 atom stereocenters. The van der Waals surface area contributed by atoms with E-state index >= 15 is 0 Å². The Morgan fingerprint density at radius 1 is 1.04 bits per heavy atom. The fraction of sp³-hybridized carbons (Fsp3) is 0.824. The maximum atomic E-state index is 11.8. The van der Waals surface area contributed by atoms with Gasteiger partial charge in [0.2, 0.25) is 0 Å². The number of esters is 1. The number of hydrogen-bond donors (Lipinski definition) is 2. The van der Waals surface area contributed by atoms with E-state index in [0.29, 0.717) is 19.3 Å². The Morgan fingerprint density at radius 3 is 1.91 bits per heavy atom. The SMILES string of the molecule is C=CC(=O)OC12CC3CC(OC(C)O)(C1)CC(OC(C)O)(C3)C2. The molecule has 0 radical (unpaired) electrons. The highest BCUT2D eigenvalue weighted by atomic mass is 16.6. The van der Waals surface area contributed by atoms with Crippen molar-refractivity contribution in [1.29, 1.82) is 0 Å². The van der Waals surface area contributed by atoms with Crippen molar-refractivity contribution in [3.05, 3.63) is 12.7 Å². The van der Waals surface area contributed by atoms with Crippen LogP contribution in [0.3, 0.4) is 0 Å². The highest BCUT2D eigenvalue weighted by Gasteiger charge is 2.67. The first-order chi connectivity index (χ1) is 10.7. The summed E-state index contributed by atoms with van der Waals surface area (Å²) in [5.41, 5.74) is -1.83. The molecule has 0 saturated heterocycles. The van der Waals surface area contributed by atoms with Crippen LogP contribution in [0.25, 0.3) is 0 Å². The number of rotatable bonds is 6. The number of aliphatic hydroxyl groups is 2. The first-order valence-electron chi connectivity index (χ1n) is 8.27. The molecule has 0 spiro atoms. The maximum absolute atomic E-state index is 11.8. The van der Waals surface area contributed by atoms with Crippen molar-refractivity contribution in [3.63, 3.8) is 0 Å². The van der Waals surface area contributed by atoms with E-state index in [1.54, 1.807) is 13.8 Å². The minimum Gasteiger partial charge on any atom is -0.456 e. The van der Waals surface area contributed by atoms with Gasteiger partial charge in [-0.25, -0.2) is 4.79 Å². The molecule has 4 unspecified atom stereocenters. The van der Waals surface area contributed by atoms with Crippen molar-refractivity contribution < 1.29 is 29.2 Å². The molecule has 4 fully saturated rings. The van der Waals surface area contributed by atoms with Crippen LogP contribution in [0.4, 0.5) is 0 Å². The lowest BCUT2D eigenvalue weighted by atomic mass is 9.50. The fourth-order valence-corrected chi connectivity index (χ4v) is 5.53. The standard InChI is InChI=1S/C17H26O6/c1-4-14(20)23-17-7-13-5-15(9-17,21-11(2)18)8-16(6-13,10-17)22-12(3)19/h4,11-13,18-19H,1,5-10H2,2-3H3. The summed E-state index contributed by atoms with van der Waals surface area (Å²) in [4.78, 5) is 11.8. The van der Waals surface area contributed by atoms with Crippen LogP contribution in [0.2, 0.25) is 0 Å². The van der Waals surface area contributed by atoms with E-state index in [9.17, 15) is 15.0 Å². The van der Waals surface area contributed by atoms with Gasteiger partial charge in [0.05, 0.1) is 11.2 Å². The molecule has 4 bridgehead atoms. The predicted molar refractivity (Wildman–Crippen MR) is 81.2 cm³/mol. The third-order valence-electron chi connectivity index (χ3n) is 5.24. The van der Waals surface area contributed by atoms with E-state index < -0.39 is 35.4 Å². The summed E-state index contributed by atoms with van der Waals surface area (Å²) < 4.78 is 17.5. The molecule has 0 aromatic heterocycles. The Labute approximate surface area is 136 Å². The summed E-state index contributed by atoms with van der Waals surface area (Å²) >= 11 is 0. The largest absolute Gasteiger partial charge is 0.456 e. The van der Waals surface area contributed by atoms with Crippen molar-refractivity contribution in [2.45, 2.75) is 81.8 Å². The van der Waals surface area contributed by atoms with E-state index in [4.69, 9.17) is 14.2 Å². The van der Waals surface area contributed by atoms with Gasteiger partial charge in [-0.1, -0.05) is 6.58 Å². The number of aliphatic hydroxyl groups excluding tert-OH is 2. The smallest absolute Gasteiger partial charge is 0.330 e. The van der Waals surface area contributed by atoms with Crippen LogP contribution in [-0.4, -0.2) is 45.6 Å². The molecule has 0 aliphatic heterocycles. The van der Waals surface area contributed by atoms with E-state index in [0.717, 1.165) is 19.3 Å². The van der Waals surface area contributed by atoms with Crippen molar-refractivity contribution in [2.24, 2.45) is 5.92 Å². The zero-order valence-electron chi connectivity index (χ0n) is 13.8. The Kier molecular flexibility index (Phi) is 4.08. The van der Waals surface area contributed by atoms with E-state index in [-0.39, 0.29) is 5.92 Å². The van der Waals surface area contributed by atoms with Gasteiger partial charge in [0, 0.05) is 25.3 Å². The first kappa shape index (κ1) is 16.9. The van der Waals surface area contributed by atoms with Crippen LogP contribution in [0.1, 0.15) is 52.4 Å². The molecule has 4 rings (SSSR count). The second-order valence-electron chi connectivity index (χ2n) is 7.62.